The summed E-state index contributed by atoms with van der Waals surface area (Å²) in [5.74, 6) is -0.430. The fraction of sp³-hybridized carbons (Fsp3) is 0.182. The maximum Gasteiger partial charge on any atom is 0.252 e. The number of carbonyl (C=O) groups is 1. The number of aliphatic hydroxyl groups is 1. The van der Waals surface area contributed by atoms with Crippen molar-refractivity contribution in [1.82, 2.24) is 10.3 Å². The minimum atomic E-state index is -0.559. The van der Waals surface area contributed by atoms with Crippen LogP contribution in [0.25, 0.3) is 33.2 Å². The first-order chi connectivity index (χ1) is 19.5. The molecule has 0 spiro atoms. The van der Waals surface area contributed by atoms with Crippen LogP contribution in [-0.4, -0.2) is 40.9 Å². The number of para-hydroxylation sites is 1. The number of fused-ring (bicyclic) bond motifs is 4. The first kappa shape index (κ1) is 25.6. The molecule has 0 fully saturated rings. The summed E-state index contributed by atoms with van der Waals surface area (Å²) in [7, 11) is 1.51. The number of ether oxygens (including phenoxy) is 1. The second-order valence-corrected chi connectivity index (χ2v) is 10.1. The number of rotatable bonds is 7. The zero-order valence-corrected chi connectivity index (χ0v) is 22.0. The minimum absolute atomic E-state index is 0.0114. The molecule has 1 aromatic heterocycles. The van der Waals surface area contributed by atoms with Crippen molar-refractivity contribution in [3.8, 4) is 33.8 Å². The van der Waals surface area contributed by atoms with E-state index in [1.54, 1.807) is 30.3 Å². The van der Waals surface area contributed by atoms with Crippen molar-refractivity contribution in [2.24, 2.45) is 0 Å². The number of carbonyl (C=O) groups excluding carboxylic acids is 1. The number of amides is 1. The Balaban J connectivity index is 1.41. The fourth-order valence-electron chi connectivity index (χ4n) is 5.68. The molecule has 40 heavy (non-hydrogen) atoms. The number of aliphatic hydroxyl groups excluding tert-OH is 1. The lowest BCUT2D eigenvalue weighted by Gasteiger charge is -2.24. The molecular weight excluding hydrogens is 507 g/mol. The van der Waals surface area contributed by atoms with Gasteiger partial charge in [-0.2, -0.15) is 0 Å². The van der Waals surface area contributed by atoms with E-state index in [-0.39, 0.29) is 12.4 Å². The number of aromatic amines is 1. The maximum atomic E-state index is 15.0. The molecule has 0 radical (unpaired) electrons. The number of aryl methyl sites for hydroxylation is 2. The van der Waals surface area contributed by atoms with Crippen LogP contribution in [0, 0.1) is 5.82 Å². The van der Waals surface area contributed by atoms with Gasteiger partial charge in [-0.25, -0.2) is 4.39 Å². The summed E-state index contributed by atoms with van der Waals surface area (Å²) in [5, 5.41) is 24.7. The number of methoxy groups -OCH3 is 1. The number of phenolic OH excluding ortho intramolecular Hbond substituents is 1. The Hall–Kier alpha value is -4.62. The molecule has 0 saturated carbocycles. The van der Waals surface area contributed by atoms with Crippen LogP contribution < -0.4 is 10.1 Å². The number of phenols is 1. The molecule has 5 aromatic rings. The van der Waals surface area contributed by atoms with E-state index in [0.29, 0.717) is 35.3 Å². The predicted octanol–water partition coefficient (Wildman–Crippen LogP) is 5.79. The standard InChI is InChI=1S/C33H29FN2O4/c1-40-32-14-20-11-10-19-13-27(24-7-2-4-8-29(24)34)28(15-25(19)26(20)16-31(32)38)33(39)36-22(18-37)12-21-17-35-30-9-5-3-6-23(21)30/h2-9,13-17,22,35,37-38H,10-12,18H2,1H3,(H,36,39)/t22-/m1/s1. The van der Waals surface area contributed by atoms with E-state index < -0.39 is 17.8 Å². The Morgan fingerprint density at radius 2 is 1.70 bits per heavy atom. The second-order valence-electron chi connectivity index (χ2n) is 10.1. The average molecular weight is 537 g/mol. The number of hydrogen-bond donors (Lipinski definition) is 4. The van der Waals surface area contributed by atoms with Crippen LogP contribution in [-0.2, 0) is 19.3 Å². The van der Waals surface area contributed by atoms with Gasteiger partial charge in [0, 0.05) is 28.2 Å². The molecule has 4 aromatic carbocycles. The molecule has 0 unspecified atom stereocenters. The largest absolute Gasteiger partial charge is 0.504 e. The van der Waals surface area contributed by atoms with Crippen LogP contribution in [0.15, 0.2) is 79.0 Å². The van der Waals surface area contributed by atoms with Crippen molar-refractivity contribution < 1.29 is 24.1 Å². The summed E-state index contributed by atoms with van der Waals surface area (Å²) >= 11 is 0. The van der Waals surface area contributed by atoms with Crippen LogP contribution >= 0.6 is 0 Å². The lowest BCUT2D eigenvalue weighted by atomic mass is 9.82. The Labute approximate surface area is 231 Å². The Bertz CT molecular complexity index is 1740. The van der Waals surface area contributed by atoms with Crippen LogP contribution in [0.4, 0.5) is 4.39 Å². The van der Waals surface area contributed by atoms with Gasteiger partial charge in [0.15, 0.2) is 11.5 Å². The summed E-state index contributed by atoms with van der Waals surface area (Å²) in [6, 6.07) is 20.8. The monoisotopic (exact) mass is 536 g/mol. The lowest BCUT2D eigenvalue weighted by molar-refractivity contribution is 0.0917. The first-order valence-corrected chi connectivity index (χ1v) is 13.3. The third-order valence-corrected chi connectivity index (χ3v) is 7.71. The van der Waals surface area contributed by atoms with Gasteiger partial charge in [0.1, 0.15) is 5.82 Å². The average Bonchev–Trinajstić information content (AvgIpc) is 3.38. The van der Waals surface area contributed by atoms with Crippen LogP contribution in [0.2, 0.25) is 0 Å². The maximum absolute atomic E-state index is 15.0. The van der Waals surface area contributed by atoms with Crippen molar-refractivity contribution in [2.75, 3.05) is 13.7 Å². The van der Waals surface area contributed by atoms with Gasteiger partial charge < -0.3 is 25.3 Å². The van der Waals surface area contributed by atoms with E-state index >= 15 is 4.39 Å². The van der Waals surface area contributed by atoms with E-state index in [2.05, 4.69) is 10.3 Å². The summed E-state index contributed by atoms with van der Waals surface area (Å²) in [6.07, 6.45) is 3.72. The number of halogens is 1. The van der Waals surface area contributed by atoms with E-state index in [9.17, 15) is 15.0 Å². The van der Waals surface area contributed by atoms with Crippen LogP contribution in [0.5, 0.6) is 11.5 Å². The van der Waals surface area contributed by atoms with Gasteiger partial charge in [0.2, 0.25) is 0 Å². The van der Waals surface area contributed by atoms with Crippen LogP contribution in [0.3, 0.4) is 0 Å². The predicted molar refractivity (Wildman–Crippen MR) is 153 cm³/mol. The summed E-state index contributed by atoms with van der Waals surface area (Å²) in [4.78, 5) is 17.1. The molecule has 1 aliphatic rings. The van der Waals surface area contributed by atoms with E-state index in [1.165, 1.54) is 13.2 Å². The Kier molecular flexibility index (Phi) is 6.74. The zero-order chi connectivity index (χ0) is 27.8. The molecule has 1 amide bonds. The number of nitrogens with one attached hydrogen (secondary N) is 2. The van der Waals surface area contributed by atoms with Crippen molar-refractivity contribution in [2.45, 2.75) is 25.3 Å². The van der Waals surface area contributed by atoms with Gasteiger partial charge in [-0.05, 0) is 89.0 Å². The normalized spacial score (nSPS) is 13.0. The molecule has 202 valence electrons. The number of benzene rings is 4. The van der Waals surface area contributed by atoms with Crippen LogP contribution in [0.1, 0.15) is 27.0 Å². The minimum Gasteiger partial charge on any atom is -0.504 e. The van der Waals surface area contributed by atoms with E-state index in [4.69, 9.17) is 4.74 Å². The molecule has 1 atom stereocenters. The smallest absolute Gasteiger partial charge is 0.252 e. The van der Waals surface area contributed by atoms with Gasteiger partial charge in [-0.1, -0.05) is 36.4 Å². The molecule has 0 bridgehead atoms. The van der Waals surface area contributed by atoms with Gasteiger partial charge in [-0.3, -0.25) is 4.79 Å². The van der Waals surface area contributed by atoms with Crippen molar-refractivity contribution >= 4 is 16.8 Å². The number of aromatic nitrogens is 1. The van der Waals surface area contributed by atoms with Gasteiger partial charge >= 0.3 is 0 Å². The number of aromatic hydroxyl groups is 1. The molecule has 0 saturated heterocycles. The molecule has 1 heterocycles. The van der Waals surface area contributed by atoms with Crippen molar-refractivity contribution in [3.63, 3.8) is 0 Å². The highest BCUT2D eigenvalue weighted by atomic mass is 19.1. The number of H-pyrrole nitrogens is 1. The first-order valence-electron chi connectivity index (χ1n) is 13.3. The highest BCUT2D eigenvalue weighted by Gasteiger charge is 2.26. The summed E-state index contributed by atoms with van der Waals surface area (Å²) in [6.45, 7) is -0.262. The van der Waals surface area contributed by atoms with Crippen molar-refractivity contribution in [1.29, 1.82) is 0 Å². The van der Waals surface area contributed by atoms with Gasteiger partial charge in [0.05, 0.1) is 19.8 Å². The van der Waals surface area contributed by atoms with Gasteiger partial charge in [-0.15, -0.1) is 0 Å². The third-order valence-electron chi connectivity index (χ3n) is 7.71. The molecule has 6 rings (SSSR count). The summed E-state index contributed by atoms with van der Waals surface area (Å²) < 4.78 is 20.3. The number of hydrogen-bond acceptors (Lipinski definition) is 4. The van der Waals surface area contributed by atoms with Gasteiger partial charge in [0.25, 0.3) is 5.91 Å². The Morgan fingerprint density at radius 3 is 2.48 bits per heavy atom. The molecule has 1 aliphatic carbocycles. The molecule has 6 nitrogen and oxygen atoms in total. The van der Waals surface area contributed by atoms with Crippen molar-refractivity contribution in [3.05, 3.63) is 107 Å². The zero-order valence-electron chi connectivity index (χ0n) is 22.0. The topological polar surface area (TPSA) is 94.6 Å². The SMILES string of the molecule is COc1cc2c(cc1O)-c1cc(C(=O)N[C@@H](CO)Cc3c[nH]c4ccccc34)c(-c3ccccc3F)cc1CC2. The lowest BCUT2D eigenvalue weighted by Crippen LogP contribution is -2.39. The molecule has 0 aliphatic heterocycles. The quantitative estimate of drug-likeness (QED) is 0.212. The summed E-state index contributed by atoms with van der Waals surface area (Å²) in [5.41, 5.74) is 6.65. The van der Waals surface area contributed by atoms with E-state index in [1.807, 2.05) is 42.6 Å². The fourth-order valence-corrected chi connectivity index (χ4v) is 5.68. The highest BCUT2D eigenvalue weighted by molar-refractivity contribution is 6.03. The molecular formula is C33H29FN2O4. The van der Waals surface area contributed by atoms with E-state index in [0.717, 1.165) is 45.1 Å². The molecule has 4 N–H and O–H groups in total. The molecule has 7 heteroatoms. The third kappa shape index (κ3) is 4.58. The Morgan fingerprint density at radius 1 is 0.975 bits per heavy atom. The second kappa shape index (κ2) is 10.5. The highest BCUT2D eigenvalue weighted by Crippen LogP contribution is 2.42.